The highest BCUT2D eigenvalue weighted by Crippen LogP contribution is 2.42. The van der Waals surface area contributed by atoms with Crippen LogP contribution in [0.5, 0.6) is 5.75 Å². The summed E-state index contributed by atoms with van der Waals surface area (Å²) in [6.45, 7) is 6.37. The predicted molar refractivity (Wildman–Crippen MR) is 86.5 cm³/mol. The first-order chi connectivity index (χ1) is 9.63. The van der Waals surface area contributed by atoms with Gasteiger partial charge in [0.2, 0.25) is 0 Å². The van der Waals surface area contributed by atoms with E-state index < -0.39 is 0 Å². The fraction of sp³-hybridized carbons (Fsp3) is 0.312. The van der Waals surface area contributed by atoms with Crippen molar-refractivity contribution in [2.45, 2.75) is 32.2 Å². The fourth-order valence-corrected chi connectivity index (χ4v) is 3.30. The Labute approximate surface area is 122 Å². The van der Waals surface area contributed by atoms with Crippen molar-refractivity contribution >= 4 is 20.9 Å². The van der Waals surface area contributed by atoms with Gasteiger partial charge in [-0.2, -0.15) is 0 Å². The summed E-state index contributed by atoms with van der Waals surface area (Å²) in [6.07, 6.45) is 2.96. The molecule has 0 spiro atoms. The SMILES string of the molecule is C=C1C2=C(CCCC2=N)N(c2ccc(OP)cc2)C1C. The molecule has 0 fully saturated rings. The van der Waals surface area contributed by atoms with Gasteiger partial charge in [-0.3, -0.25) is 0 Å². The van der Waals surface area contributed by atoms with Crippen molar-refractivity contribution in [3.8, 4) is 5.75 Å². The van der Waals surface area contributed by atoms with Crippen molar-refractivity contribution in [2.24, 2.45) is 0 Å². The van der Waals surface area contributed by atoms with E-state index in [0.717, 1.165) is 47.6 Å². The van der Waals surface area contributed by atoms with E-state index in [1.807, 2.05) is 12.1 Å². The van der Waals surface area contributed by atoms with Crippen LogP contribution in [0.25, 0.3) is 0 Å². The van der Waals surface area contributed by atoms with E-state index in [2.05, 4.69) is 40.0 Å². The van der Waals surface area contributed by atoms with Gasteiger partial charge in [-0.15, -0.1) is 0 Å². The zero-order chi connectivity index (χ0) is 14.3. The van der Waals surface area contributed by atoms with Crippen molar-refractivity contribution in [2.75, 3.05) is 4.90 Å². The number of hydrogen-bond donors (Lipinski definition) is 1. The Bertz CT molecular complexity index is 603. The third-order valence-electron chi connectivity index (χ3n) is 4.19. The lowest BCUT2D eigenvalue weighted by molar-refractivity contribution is 0.646. The average Bonchev–Trinajstić information content (AvgIpc) is 2.72. The van der Waals surface area contributed by atoms with Gasteiger partial charge in [0.1, 0.15) is 5.75 Å². The van der Waals surface area contributed by atoms with Crippen LogP contribution in [0.4, 0.5) is 5.69 Å². The maximum absolute atomic E-state index is 8.18. The molecule has 0 bridgehead atoms. The van der Waals surface area contributed by atoms with Crippen molar-refractivity contribution < 1.29 is 4.52 Å². The number of hydrogen-bond acceptors (Lipinski definition) is 3. The van der Waals surface area contributed by atoms with Crippen molar-refractivity contribution in [3.05, 3.63) is 47.7 Å². The van der Waals surface area contributed by atoms with Crippen LogP contribution in [-0.2, 0) is 0 Å². The van der Waals surface area contributed by atoms with Gasteiger partial charge >= 0.3 is 0 Å². The third kappa shape index (κ3) is 1.97. The molecule has 1 aliphatic carbocycles. The summed E-state index contributed by atoms with van der Waals surface area (Å²) >= 11 is 0. The number of nitrogens with one attached hydrogen (secondary N) is 1. The van der Waals surface area contributed by atoms with Gasteiger partial charge in [0.05, 0.1) is 15.5 Å². The Morgan fingerprint density at radius 3 is 2.65 bits per heavy atom. The minimum absolute atomic E-state index is 0.223. The predicted octanol–water partition coefficient (Wildman–Crippen LogP) is 4.08. The highest BCUT2D eigenvalue weighted by atomic mass is 31.0. The monoisotopic (exact) mass is 286 g/mol. The topological polar surface area (TPSA) is 36.3 Å². The molecule has 1 aromatic rings. The molecule has 0 amide bonds. The van der Waals surface area contributed by atoms with Gasteiger partial charge in [-0.05, 0) is 56.0 Å². The smallest absolute Gasteiger partial charge is 0.122 e. The van der Waals surface area contributed by atoms with Gasteiger partial charge in [0, 0.05) is 22.7 Å². The number of allylic oxidation sites excluding steroid dienone is 1. The van der Waals surface area contributed by atoms with Gasteiger partial charge in [0.15, 0.2) is 0 Å². The molecule has 2 aliphatic rings. The molecule has 104 valence electrons. The van der Waals surface area contributed by atoms with E-state index in [0.29, 0.717) is 0 Å². The molecule has 1 N–H and O–H groups in total. The Morgan fingerprint density at radius 2 is 2.00 bits per heavy atom. The number of nitrogens with zero attached hydrogens (tertiary/aromatic N) is 1. The molecule has 0 saturated heterocycles. The Balaban J connectivity index is 2.03. The van der Waals surface area contributed by atoms with Crippen LogP contribution in [0.3, 0.4) is 0 Å². The average molecular weight is 286 g/mol. The van der Waals surface area contributed by atoms with Crippen LogP contribution in [0.15, 0.2) is 47.7 Å². The second-order valence-electron chi connectivity index (χ2n) is 5.34. The highest BCUT2D eigenvalue weighted by molar-refractivity contribution is 7.10. The second-order valence-corrected chi connectivity index (χ2v) is 5.57. The highest BCUT2D eigenvalue weighted by Gasteiger charge is 2.36. The van der Waals surface area contributed by atoms with E-state index >= 15 is 0 Å². The molecule has 0 radical (unpaired) electrons. The Morgan fingerprint density at radius 1 is 1.30 bits per heavy atom. The quantitative estimate of drug-likeness (QED) is 0.832. The molecule has 4 heteroatoms. The lowest BCUT2D eigenvalue weighted by Crippen LogP contribution is -2.28. The van der Waals surface area contributed by atoms with Crippen LogP contribution in [0.1, 0.15) is 26.2 Å². The van der Waals surface area contributed by atoms with Crippen LogP contribution in [0, 0.1) is 5.41 Å². The first-order valence-electron chi connectivity index (χ1n) is 6.89. The van der Waals surface area contributed by atoms with E-state index in [1.165, 1.54) is 5.70 Å². The van der Waals surface area contributed by atoms with Crippen LogP contribution in [-0.4, -0.2) is 11.8 Å². The summed E-state index contributed by atoms with van der Waals surface area (Å²) in [5.41, 5.74) is 5.32. The standard InChI is InChI=1S/C16H19N2OP/c1-10-11(2)18(12-6-8-13(19-20)9-7-12)15-5-3-4-14(17)16(10)15/h6-9,11,17H,1,3-5,20H2,2H3. The summed E-state index contributed by atoms with van der Waals surface area (Å²) in [7, 11) is 2.26. The normalized spacial score (nSPS) is 22.3. The molecule has 0 saturated carbocycles. The molecule has 2 unspecified atom stereocenters. The Kier molecular flexibility index (Phi) is 3.39. The largest absolute Gasteiger partial charge is 0.480 e. The molecule has 1 aliphatic heterocycles. The summed E-state index contributed by atoms with van der Waals surface area (Å²) < 4.78 is 5.14. The van der Waals surface area contributed by atoms with E-state index in [9.17, 15) is 0 Å². The third-order valence-corrected chi connectivity index (χ3v) is 4.46. The van der Waals surface area contributed by atoms with E-state index in [4.69, 9.17) is 9.93 Å². The van der Waals surface area contributed by atoms with Gasteiger partial charge in [0.25, 0.3) is 0 Å². The van der Waals surface area contributed by atoms with Gasteiger partial charge < -0.3 is 14.8 Å². The molecule has 3 rings (SSSR count). The lowest BCUT2D eigenvalue weighted by Gasteiger charge is -2.28. The molecular weight excluding hydrogens is 267 g/mol. The lowest BCUT2D eigenvalue weighted by atomic mass is 9.91. The number of anilines is 1. The van der Waals surface area contributed by atoms with Crippen molar-refractivity contribution in [1.29, 1.82) is 5.41 Å². The van der Waals surface area contributed by atoms with Crippen LogP contribution >= 0.6 is 9.47 Å². The zero-order valence-corrected chi connectivity index (χ0v) is 12.8. The van der Waals surface area contributed by atoms with Gasteiger partial charge in [-0.1, -0.05) is 6.58 Å². The number of benzene rings is 1. The van der Waals surface area contributed by atoms with E-state index in [1.54, 1.807) is 0 Å². The maximum Gasteiger partial charge on any atom is 0.122 e. The summed E-state index contributed by atoms with van der Waals surface area (Å²) in [5.74, 6) is 0.829. The molecule has 2 atom stereocenters. The van der Waals surface area contributed by atoms with Crippen LogP contribution in [0.2, 0.25) is 0 Å². The van der Waals surface area contributed by atoms with Gasteiger partial charge in [-0.25, -0.2) is 0 Å². The molecule has 20 heavy (non-hydrogen) atoms. The first kappa shape index (κ1) is 13.4. The molecule has 3 nitrogen and oxygen atoms in total. The van der Waals surface area contributed by atoms with Crippen molar-refractivity contribution in [1.82, 2.24) is 0 Å². The summed E-state index contributed by atoms with van der Waals surface area (Å²) in [4.78, 5) is 2.32. The fourth-order valence-electron chi connectivity index (χ4n) is 3.14. The van der Waals surface area contributed by atoms with Crippen LogP contribution < -0.4 is 9.42 Å². The second kappa shape index (κ2) is 5.06. The Hall–Kier alpha value is -1.60. The first-order valence-corrected chi connectivity index (χ1v) is 7.36. The molecule has 1 heterocycles. The zero-order valence-electron chi connectivity index (χ0n) is 11.6. The number of rotatable bonds is 2. The minimum Gasteiger partial charge on any atom is -0.480 e. The summed E-state index contributed by atoms with van der Waals surface area (Å²) in [6, 6.07) is 8.28. The molecular formula is C16H19N2OP. The minimum atomic E-state index is 0.223. The molecule has 1 aromatic carbocycles. The van der Waals surface area contributed by atoms with E-state index in [-0.39, 0.29) is 6.04 Å². The molecule has 0 aromatic heterocycles. The maximum atomic E-state index is 8.18. The summed E-state index contributed by atoms with van der Waals surface area (Å²) in [5, 5.41) is 8.18. The van der Waals surface area contributed by atoms with Crippen molar-refractivity contribution in [3.63, 3.8) is 0 Å².